The lowest BCUT2D eigenvalue weighted by atomic mass is 9.91. The van der Waals surface area contributed by atoms with E-state index < -0.39 is 10.0 Å². The van der Waals surface area contributed by atoms with Crippen LogP contribution in [-0.4, -0.2) is 61.9 Å². The van der Waals surface area contributed by atoms with Crippen molar-refractivity contribution in [1.29, 1.82) is 0 Å². The number of nitrogens with zero attached hydrogens (tertiary/aromatic N) is 2. The number of sulfonamides is 1. The third-order valence-electron chi connectivity index (χ3n) is 5.28. The van der Waals surface area contributed by atoms with Crippen molar-refractivity contribution in [1.82, 2.24) is 9.21 Å². The number of ether oxygens (including phenoxy) is 1. The molecule has 7 heteroatoms. The normalized spacial score (nSPS) is 30.3. The second-order valence-corrected chi connectivity index (χ2v) is 10.2. The monoisotopic (exact) mass is 394 g/mol. The molecule has 1 aromatic rings. The minimum absolute atomic E-state index is 0.0223. The molecule has 150 valence electrons. The highest BCUT2D eigenvalue weighted by Gasteiger charge is 2.32. The summed E-state index contributed by atoms with van der Waals surface area (Å²) in [5.74, 6) is 0.955. The molecule has 0 aromatic heterocycles. The third kappa shape index (κ3) is 4.52. The largest absolute Gasteiger partial charge is 0.373 e. The molecule has 0 aliphatic carbocycles. The van der Waals surface area contributed by atoms with Crippen molar-refractivity contribution >= 4 is 15.9 Å². The summed E-state index contributed by atoms with van der Waals surface area (Å²) in [6, 6.07) is 6.35. The maximum Gasteiger partial charge on any atom is 0.253 e. The lowest BCUT2D eigenvalue weighted by Crippen LogP contribution is -2.48. The SMILES string of the molecule is C[C@H]1C[C@H](C)CN(C(=O)c2ccc(S(=O)(=O)N3C[C@@H](C)O[C@@H](C)C3)cc2)C1. The zero-order chi connectivity index (χ0) is 19.8. The fraction of sp³-hybridized carbons (Fsp3) is 0.650. The standard InChI is InChI=1S/C20H30N2O4S/c1-14-9-15(2)11-21(10-14)20(23)18-5-7-19(8-6-18)27(24,25)22-12-16(3)26-17(4)13-22/h5-8,14-17H,9-13H2,1-4H3/t14-,15-,16-,17+/m0/s1. The second-order valence-electron chi connectivity index (χ2n) is 8.26. The van der Waals surface area contributed by atoms with Gasteiger partial charge in [-0.05, 0) is 56.4 Å². The van der Waals surface area contributed by atoms with E-state index in [1.165, 1.54) is 4.31 Å². The van der Waals surface area contributed by atoms with Gasteiger partial charge in [0.1, 0.15) is 0 Å². The van der Waals surface area contributed by atoms with Gasteiger partial charge in [0.25, 0.3) is 5.91 Å². The summed E-state index contributed by atoms with van der Waals surface area (Å²) in [5, 5.41) is 0. The Hall–Kier alpha value is -1.44. The van der Waals surface area contributed by atoms with Gasteiger partial charge in [0.2, 0.25) is 10.0 Å². The van der Waals surface area contributed by atoms with E-state index in [0.717, 1.165) is 19.5 Å². The van der Waals surface area contributed by atoms with Gasteiger partial charge in [-0.15, -0.1) is 0 Å². The van der Waals surface area contributed by atoms with Crippen LogP contribution in [-0.2, 0) is 14.8 Å². The summed E-state index contributed by atoms with van der Waals surface area (Å²) >= 11 is 0. The van der Waals surface area contributed by atoms with Crippen LogP contribution in [0.1, 0.15) is 44.5 Å². The summed E-state index contributed by atoms with van der Waals surface area (Å²) in [7, 11) is -3.58. The predicted molar refractivity (Wildman–Crippen MR) is 104 cm³/mol. The van der Waals surface area contributed by atoms with Gasteiger partial charge in [0.15, 0.2) is 0 Å². The molecule has 1 aromatic carbocycles. The first-order chi connectivity index (χ1) is 12.7. The van der Waals surface area contributed by atoms with Crippen LogP contribution in [0.2, 0.25) is 0 Å². The fourth-order valence-electron chi connectivity index (χ4n) is 4.26. The van der Waals surface area contributed by atoms with Gasteiger partial charge in [0.05, 0.1) is 17.1 Å². The highest BCUT2D eigenvalue weighted by Crippen LogP contribution is 2.24. The minimum atomic E-state index is -3.58. The zero-order valence-corrected chi connectivity index (χ0v) is 17.4. The maximum absolute atomic E-state index is 12.9. The Labute approximate surface area is 162 Å². The lowest BCUT2D eigenvalue weighted by Gasteiger charge is -2.35. The summed E-state index contributed by atoms with van der Waals surface area (Å²) in [5.41, 5.74) is 0.541. The Kier molecular flexibility index (Phi) is 5.93. The highest BCUT2D eigenvalue weighted by molar-refractivity contribution is 7.89. The average Bonchev–Trinajstić information content (AvgIpc) is 2.59. The van der Waals surface area contributed by atoms with Crippen molar-refractivity contribution in [2.75, 3.05) is 26.2 Å². The van der Waals surface area contributed by atoms with Crippen LogP contribution in [0, 0.1) is 11.8 Å². The number of hydrogen-bond donors (Lipinski definition) is 0. The summed E-state index contributed by atoms with van der Waals surface area (Å²) < 4.78 is 32.9. The molecule has 0 unspecified atom stereocenters. The number of amides is 1. The van der Waals surface area contributed by atoms with Gasteiger partial charge in [-0.25, -0.2) is 8.42 Å². The lowest BCUT2D eigenvalue weighted by molar-refractivity contribution is -0.0440. The molecule has 2 heterocycles. The summed E-state index contributed by atoms with van der Waals surface area (Å²) in [6.07, 6.45) is 0.872. The van der Waals surface area contributed by atoms with Gasteiger partial charge in [-0.3, -0.25) is 4.79 Å². The molecule has 2 aliphatic rings. The van der Waals surface area contributed by atoms with Crippen LogP contribution >= 0.6 is 0 Å². The zero-order valence-electron chi connectivity index (χ0n) is 16.6. The number of likely N-dealkylation sites (tertiary alicyclic amines) is 1. The number of hydrogen-bond acceptors (Lipinski definition) is 4. The van der Waals surface area contributed by atoms with Gasteiger partial charge in [-0.1, -0.05) is 13.8 Å². The summed E-state index contributed by atoms with van der Waals surface area (Å²) in [6.45, 7) is 10.3. The molecule has 3 rings (SSSR count). The van der Waals surface area contributed by atoms with E-state index >= 15 is 0 Å². The van der Waals surface area contributed by atoms with Crippen molar-refractivity contribution in [2.45, 2.75) is 51.2 Å². The molecule has 2 fully saturated rings. The molecule has 0 saturated carbocycles. The van der Waals surface area contributed by atoms with Crippen molar-refractivity contribution < 1.29 is 17.9 Å². The van der Waals surface area contributed by atoms with E-state index in [-0.39, 0.29) is 23.0 Å². The van der Waals surface area contributed by atoms with Crippen LogP contribution < -0.4 is 0 Å². The van der Waals surface area contributed by atoms with Crippen LogP contribution in [0.25, 0.3) is 0 Å². The Balaban J connectivity index is 1.75. The van der Waals surface area contributed by atoms with E-state index in [4.69, 9.17) is 4.74 Å². The number of carbonyl (C=O) groups is 1. The predicted octanol–water partition coefficient (Wildman–Crippen LogP) is 2.60. The Morgan fingerprint density at radius 1 is 0.926 bits per heavy atom. The van der Waals surface area contributed by atoms with E-state index in [9.17, 15) is 13.2 Å². The molecular formula is C20H30N2O4S. The first-order valence-corrected chi connectivity index (χ1v) is 11.2. The topological polar surface area (TPSA) is 66.9 Å². The molecule has 1 amide bonds. The molecule has 27 heavy (non-hydrogen) atoms. The van der Waals surface area contributed by atoms with E-state index in [2.05, 4.69) is 13.8 Å². The molecule has 2 saturated heterocycles. The van der Waals surface area contributed by atoms with Crippen molar-refractivity contribution in [3.05, 3.63) is 29.8 Å². The Morgan fingerprint density at radius 2 is 1.44 bits per heavy atom. The summed E-state index contributed by atoms with van der Waals surface area (Å²) in [4.78, 5) is 14.9. The highest BCUT2D eigenvalue weighted by atomic mass is 32.2. The Morgan fingerprint density at radius 3 is 1.96 bits per heavy atom. The average molecular weight is 395 g/mol. The molecule has 4 atom stereocenters. The fourth-order valence-corrected chi connectivity index (χ4v) is 5.85. The Bertz CT molecular complexity index is 758. The number of benzene rings is 1. The number of morpholine rings is 1. The molecular weight excluding hydrogens is 364 g/mol. The third-order valence-corrected chi connectivity index (χ3v) is 7.13. The van der Waals surface area contributed by atoms with Crippen LogP contribution in [0.15, 0.2) is 29.2 Å². The van der Waals surface area contributed by atoms with E-state index in [1.54, 1.807) is 24.3 Å². The van der Waals surface area contributed by atoms with Crippen molar-refractivity contribution in [3.8, 4) is 0 Å². The second kappa shape index (κ2) is 7.89. The van der Waals surface area contributed by atoms with Crippen molar-refractivity contribution in [2.24, 2.45) is 11.8 Å². The number of piperidine rings is 1. The first-order valence-electron chi connectivity index (χ1n) is 9.71. The van der Waals surface area contributed by atoms with E-state index in [1.807, 2.05) is 18.7 Å². The minimum Gasteiger partial charge on any atom is -0.373 e. The van der Waals surface area contributed by atoms with Crippen LogP contribution in [0.5, 0.6) is 0 Å². The first kappa shape index (κ1) is 20.3. The molecule has 0 radical (unpaired) electrons. The van der Waals surface area contributed by atoms with Gasteiger partial charge < -0.3 is 9.64 Å². The van der Waals surface area contributed by atoms with E-state index in [0.29, 0.717) is 30.5 Å². The molecule has 2 aliphatic heterocycles. The number of rotatable bonds is 3. The van der Waals surface area contributed by atoms with Crippen LogP contribution in [0.3, 0.4) is 0 Å². The van der Waals surface area contributed by atoms with Gasteiger partial charge in [0, 0.05) is 31.7 Å². The maximum atomic E-state index is 12.9. The van der Waals surface area contributed by atoms with Gasteiger partial charge in [-0.2, -0.15) is 4.31 Å². The molecule has 6 nitrogen and oxygen atoms in total. The van der Waals surface area contributed by atoms with Gasteiger partial charge >= 0.3 is 0 Å². The number of carbonyl (C=O) groups excluding carboxylic acids is 1. The van der Waals surface area contributed by atoms with Crippen LogP contribution in [0.4, 0.5) is 0 Å². The molecule has 0 bridgehead atoms. The quantitative estimate of drug-likeness (QED) is 0.790. The molecule has 0 spiro atoms. The molecule has 0 N–H and O–H groups in total. The smallest absolute Gasteiger partial charge is 0.253 e. The van der Waals surface area contributed by atoms with Crippen molar-refractivity contribution in [3.63, 3.8) is 0 Å².